The van der Waals surface area contributed by atoms with E-state index in [0.29, 0.717) is 12.5 Å². The number of nitrogens with one attached hydrogen (secondary N) is 1. The van der Waals surface area contributed by atoms with Crippen LogP contribution in [-0.4, -0.2) is 40.3 Å². The molecule has 1 atom stereocenters. The van der Waals surface area contributed by atoms with Gasteiger partial charge in [-0.15, -0.1) is 0 Å². The molecule has 1 fully saturated rings. The molecule has 1 saturated heterocycles. The van der Waals surface area contributed by atoms with Crippen molar-refractivity contribution < 1.29 is 9.18 Å². The molecule has 2 aromatic carbocycles. The second-order valence-corrected chi connectivity index (χ2v) is 12.4. The topological polar surface area (TPSA) is 50.2 Å². The van der Waals surface area contributed by atoms with Crippen LogP contribution in [0.1, 0.15) is 72.3 Å². The van der Waals surface area contributed by atoms with Crippen LogP contribution in [0.5, 0.6) is 0 Å². The van der Waals surface area contributed by atoms with Gasteiger partial charge in [-0.05, 0) is 83.9 Å². The van der Waals surface area contributed by atoms with Crippen LogP contribution >= 0.6 is 0 Å². The van der Waals surface area contributed by atoms with Gasteiger partial charge in [-0.1, -0.05) is 47.6 Å². The van der Waals surface area contributed by atoms with Gasteiger partial charge in [0.25, 0.3) is 0 Å². The number of piperidine rings is 1. The molecule has 0 radical (unpaired) electrons. The van der Waals surface area contributed by atoms with Crippen molar-refractivity contribution in [3.05, 3.63) is 60.0 Å². The molecular formula is C30H41FN4O. The number of hydrogen-bond donors (Lipinski definition) is 1. The standard InChI is InChI=1S/C30H41FN4O/c1-21(2)16-26(30(5,6)19-32-28(36)34-15-7-14-29(3,4)20-34)22-8-13-27-23(17-22)18-33-35(27)25-11-9-24(31)10-12-25/h8-13,17-18,21,26H,7,14-16,19-20H2,1-6H3,(H,32,36). The number of likely N-dealkylation sites (tertiary alicyclic amines) is 1. The Labute approximate surface area is 215 Å². The van der Waals surface area contributed by atoms with E-state index in [9.17, 15) is 9.18 Å². The molecule has 1 unspecified atom stereocenters. The Hall–Kier alpha value is -2.89. The van der Waals surface area contributed by atoms with E-state index in [4.69, 9.17) is 0 Å². The van der Waals surface area contributed by atoms with E-state index < -0.39 is 0 Å². The van der Waals surface area contributed by atoms with Gasteiger partial charge in [0.05, 0.1) is 17.4 Å². The van der Waals surface area contributed by atoms with Gasteiger partial charge in [0.1, 0.15) is 5.82 Å². The van der Waals surface area contributed by atoms with E-state index in [1.54, 1.807) is 12.1 Å². The number of carbonyl (C=O) groups excluding carboxylic acids is 1. The lowest BCUT2D eigenvalue weighted by atomic mass is 9.71. The number of rotatable bonds is 7. The number of amides is 2. The Kier molecular flexibility index (Phi) is 7.44. The minimum atomic E-state index is -0.257. The van der Waals surface area contributed by atoms with Gasteiger partial charge in [-0.2, -0.15) is 5.10 Å². The van der Waals surface area contributed by atoms with Gasteiger partial charge in [0.15, 0.2) is 0 Å². The van der Waals surface area contributed by atoms with Gasteiger partial charge in [-0.25, -0.2) is 13.9 Å². The summed E-state index contributed by atoms with van der Waals surface area (Å²) >= 11 is 0. The molecule has 1 N–H and O–H groups in total. The van der Waals surface area contributed by atoms with Crippen LogP contribution in [0.2, 0.25) is 0 Å². The van der Waals surface area contributed by atoms with E-state index in [2.05, 4.69) is 70.2 Å². The molecule has 0 saturated carbocycles. The maximum atomic E-state index is 13.4. The first-order chi connectivity index (χ1) is 16.9. The second-order valence-electron chi connectivity index (χ2n) is 12.4. The molecule has 2 heterocycles. The van der Waals surface area contributed by atoms with E-state index >= 15 is 0 Å². The van der Waals surface area contributed by atoms with Crippen LogP contribution in [-0.2, 0) is 0 Å². The number of aromatic nitrogens is 2. The van der Waals surface area contributed by atoms with E-state index in [-0.39, 0.29) is 28.6 Å². The fraction of sp³-hybridized carbons (Fsp3) is 0.533. The molecule has 0 bridgehead atoms. The lowest BCUT2D eigenvalue weighted by molar-refractivity contribution is 0.125. The van der Waals surface area contributed by atoms with E-state index in [1.807, 2.05) is 15.8 Å². The number of fused-ring (bicyclic) bond motifs is 1. The van der Waals surface area contributed by atoms with Crippen molar-refractivity contribution in [2.45, 2.75) is 66.7 Å². The van der Waals surface area contributed by atoms with Crippen LogP contribution in [0.3, 0.4) is 0 Å². The molecule has 1 aliphatic heterocycles. The highest BCUT2D eigenvalue weighted by Crippen LogP contribution is 2.41. The third kappa shape index (κ3) is 5.91. The molecule has 194 valence electrons. The summed E-state index contributed by atoms with van der Waals surface area (Å²) in [5, 5.41) is 8.89. The number of benzene rings is 2. The molecular weight excluding hydrogens is 451 g/mol. The zero-order chi connectivity index (χ0) is 26.1. The van der Waals surface area contributed by atoms with Crippen molar-refractivity contribution in [1.29, 1.82) is 0 Å². The lowest BCUT2D eigenvalue weighted by Crippen LogP contribution is -2.50. The Morgan fingerprint density at radius 3 is 2.56 bits per heavy atom. The van der Waals surface area contributed by atoms with Crippen LogP contribution < -0.4 is 5.32 Å². The van der Waals surface area contributed by atoms with Crippen molar-refractivity contribution in [2.75, 3.05) is 19.6 Å². The normalized spacial score (nSPS) is 16.9. The summed E-state index contributed by atoms with van der Waals surface area (Å²) in [7, 11) is 0. The van der Waals surface area contributed by atoms with E-state index in [0.717, 1.165) is 42.5 Å². The molecule has 2 amide bonds. The number of nitrogens with zero attached hydrogens (tertiary/aromatic N) is 3. The molecule has 6 heteroatoms. The highest BCUT2D eigenvalue weighted by Gasteiger charge is 2.34. The summed E-state index contributed by atoms with van der Waals surface area (Å²) < 4.78 is 15.2. The minimum Gasteiger partial charge on any atom is -0.337 e. The number of carbonyl (C=O) groups is 1. The Balaban J connectivity index is 1.54. The summed E-state index contributed by atoms with van der Waals surface area (Å²) in [5.74, 6) is 0.534. The number of halogens is 1. The Bertz CT molecular complexity index is 1200. The molecule has 3 aromatic rings. The Morgan fingerprint density at radius 2 is 1.89 bits per heavy atom. The van der Waals surface area contributed by atoms with Crippen molar-refractivity contribution >= 4 is 16.9 Å². The first-order valence-corrected chi connectivity index (χ1v) is 13.2. The largest absolute Gasteiger partial charge is 0.337 e. The summed E-state index contributed by atoms with van der Waals surface area (Å²) in [6.45, 7) is 15.8. The van der Waals surface area contributed by atoms with Gasteiger partial charge in [0, 0.05) is 25.0 Å². The minimum absolute atomic E-state index is 0.0511. The zero-order valence-electron chi connectivity index (χ0n) is 22.6. The van der Waals surface area contributed by atoms with Crippen LogP contribution in [0.15, 0.2) is 48.7 Å². The average molecular weight is 493 g/mol. The van der Waals surface area contributed by atoms with Gasteiger partial charge < -0.3 is 10.2 Å². The van der Waals surface area contributed by atoms with Gasteiger partial charge in [-0.3, -0.25) is 0 Å². The van der Waals surface area contributed by atoms with Crippen molar-refractivity contribution in [3.8, 4) is 5.69 Å². The van der Waals surface area contributed by atoms with Gasteiger partial charge >= 0.3 is 6.03 Å². The first-order valence-electron chi connectivity index (χ1n) is 13.2. The fourth-order valence-electron chi connectivity index (χ4n) is 5.57. The fourth-order valence-corrected chi connectivity index (χ4v) is 5.57. The summed E-state index contributed by atoms with van der Waals surface area (Å²) in [4.78, 5) is 15.0. The predicted molar refractivity (Wildman–Crippen MR) is 145 cm³/mol. The maximum Gasteiger partial charge on any atom is 0.317 e. The average Bonchev–Trinajstić information content (AvgIpc) is 3.24. The molecule has 0 aliphatic carbocycles. The van der Waals surface area contributed by atoms with Crippen LogP contribution in [0.25, 0.3) is 16.6 Å². The smallest absolute Gasteiger partial charge is 0.317 e. The van der Waals surface area contributed by atoms with Crippen molar-refractivity contribution in [2.24, 2.45) is 16.7 Å². The third-order valence-corrected chi connectivity index (χ3v) is 7.60. The number of urea groups is 1. The predicted octanol–water partition coefficient (Wildman–Crippen LogP) is 7.15. The molecule has 4 rings (SSSR count). The second kappa shape index (κ2) is 10.2. The Morgan fingerprint density at radius 1 is 1.17 bits per heavy atom. The van der Waals surface area contributed by atoms with Crippen LogP contribution in [0.4, 0.5) is 9.18 Å². The summed E-state index contributed by atoms with van der Waals surface area (Å²) in [6, 6.07) is 13.0. The maximum absolute atomic E-state index is 13.4. The van der Waals surface area contributed by atoms with E-state index in [1.165, 1.54) is 24.1 Å². The molecule has 5 nitrogen and oxygen atoms in total. The van der Waals surface area contributed by atoms with Gasteiger partial charge in [0.2, 0.25) is 0 Å². The van der Waals surface area contributed by atoms with Crippen molar-refractivity contribution in [1.82, 2.24) is 20.0 Å². The molecule has 36 heavy (non-hydrogen) atoms. The SMILES string of the molecule is CC(C)CC(c1ccc2c(cnn2-c2ccc(F)cc2)c1)C(C)(C)CNC(=O)N1CCCC(C)(C)C1. The quantitative estimate of drug-likeness (QED) is 0.381. The third-order valence-electron chi connectivity index (χ3n) is 7.60. The lowest BCUT2D eigenvalue weighted by Gasteiger charge is -2.40. The monoisotopic (exact) mass is 492 g/mol. The number of hydrogen-bond acceptors (Lipinski definition) is 2. The summed E-state index contributed by atoms with van der Waals surface area (Å²) in [6.07, 6.45) is 5.13. The highest BCUT2D eigenvalue weighted by atomic mass is 19.1. The highest BCUT2D eigenvalue weighted by molar-refractivity contribution is 5.81. The van der Waals surface area contributed by atoms with Crippen molar-refractivity contribution in [3.63, 3.8) is 0 Å². The molecule has 1 aromatic heterocycles. The van der Waals surface area contributed by atoms with Crippen LogP contribution in [0, 0.1) is 22.6 Å². The molecule has 0 spiro atoms. The molecule has 1 aliphatic rings. The summed E-state index contributed by atoms with van der Waals surface area (Å²) in [5.41, 5.74) is 3.13. The zero-order valence-corrected chi connectivity index (χ0v) is 22.6. The first kappa shape index (κ1) is 26.2.